The van der Waals surface area contributed by atoms with Crippen molar-refractivity contribution < 1.29 is 19.4 Å². The molecule has 0 aromatic carbocycles. The van der Waals surface area contributed by atoms with Gasteiger partial charge >= 0.3 is 5.97 Å². The molecule has 0 aliphatic rings. The number of aliphatic carboxylic acids is 1. The van der Waals surface area contributed by atoms with E-state index >= 15 is 0 Å². The molecule has 1 unspecified atom stereocenters. The van der Waals surface area contributed by atoms with Crippen LogP contribution in [0.1, 0.15) is 16.1 Å². The Morgan fingerprint density at radius 2 is 2.44 bits per heavy atom. The molecule has 0 aliphatic carbocycles. The molecule has 0 radical (unpaired) electrons. The number of rotatable bonds is 6. The molecule has 0 saturated heterocycles. The number of aromatic nitrogens is 2. The van der Waals surface area contributed by atoms with Crippen molar-refractivity contribution in [2.75, 3.05) is 13.7 Å². The van der Waals surface area contributed by atoms with Gasteiger partial charge in [-0.25, -0.2) is 0 Å². The van der Waals surface area contributed by atoms with Gasteiger partial charge in [-0.2, -0.15) is 0 Å². The molecular weight excluding hydrogens is 234 g/mol. The van der Waals surface area contributed by atoms with E-state index in [4.69, 9.17) is 9.84 Å². The number of carbonyl (C=O) groups excluding carboxylic acids is 1. The lowest BCUT2D eigenvalue weighted by Crippen LogP contribution is -2.34. The first-order valence-corrected chi connectivity index (χ1v) is 5.21. The van der Waals surface area contributed by atoms with E-state index in [-0.39, 0.29) is 18.9 Å². The third kappa shape index (κ3) is 3.91. The Morgan fingerprint density at radius 1 is 1.69 bits per heavy atom. The zero-order chi connectivity index (χ0) is 12.0. The molecule has 2 N–H and O–H groups in total. The third-order valence-corrected chi connectivity index (χ3v) is 2.47. The molecule has 8 heteroatoms. The standard InChI is InChI=1S/C8H11N3O4S/c1-15-5(2-7(12)13)3-9-8(14)6-4-10-11-16-6/h4-5H,2-3H2,1H3,(H,9,14)(H,12,13). The van der Waals surface area contributed by atoms with Gasteiger partial charge in [-0.1, -0.05) is 4.49 Å². The van der Waals surface area contributed by atoms with Crippen LogP contribution >= 0.6 is 11.5 Å². The first-order chi connectivity index (χ1) is 7.63. The molecule has 16 heavy (non-hydrogen) atoms. The number of carboxylic acids is 1. The first-order valence-electron chi connectivity index (χ1n) is 4.43. The summed E-state index contributed by atoms with van der Waals surface area (Å²) < 4.78 is 8.45. The molecule has 1 heterocycles. The number of nitrogens with zero attached hydrogens (tertiary/aromatic N) is 2. The van der Waals surface area contributed by atoms with Gasteiger partial charge in [0.25, 0.3) is 5.91 Å². The minimum atomic E-state index is -0.972. The second-order valence-electron chi connectivity index (χ2n) is 2.95. The van der Waals surface area contributed by atoms with Crippen LogP contribution in [-0.4, -0.2) is 46.3 Å². The van der Waals surface area contributed by atoms with Crippen molar-refractivity contribution in [3.05, 3.63) is 11.1 Å². The van der Waals surface area contributed by atoms with Crippen LogP contribution in [0.3, 0.4) is 0 Å². The number of carbonyl (C=O) groups is 2. The number of hydrogen-bond acceptors (Lipinski definition) is 6. The van der Waals surface area contributed by atoms with Crippen molar-refractivity contribution in [1.29, 1.82) is 0 Å². The second kappa shape index (κ2) is 6.13. The normalized spacial score (nSPS) is 12.1. The maximum atomic E-state index is 11.4. The topological polar surface area (TPSA) is 101 Å². The zero-order valence-corrected chi connectivity index (χ0v) is 9.36. The highest BCUT2D eigenvalue weighted by molar-refractivity contribution is 7.07. The Morgan fingerprint density at radius 3 is 2.94 bits per heavy atom. The lowest BCUT2D eigenvalue weighted by atomic mass is 10.2. The number of methoxy groups -OCH3 is 1. The monoisotopic (exact) mass is 245 g/mol. The second-order valence-corrected chi connectivity index (χ2v) is 3.73. The van der Waals surface area contributed by atoms with Crippen molar-refractivity contribution in [3.8, 4) is 0 Å². The van der Waals surface area contributed by atoms with Crippen LogP contribution in [0.4, 0.5) is 0 Å². The SMILES string of the molecule is COC(CNC(=O)c1cnns1)CC(=O)O. The summed E-state index contributed by atoms with van der Waals surface area (Å²) in [5.74, 6) is -1.30. The van der Waals surface area contributed by atoms with Crippen LogP contribution in [0.25, 0.3) is 0 Å². The van der Waals surface area contributed by atoms with E-state index in [9.17, 15) is 9.59 Å². The fraction of sp³-hybridized carbons (Fsp3) is 0.500. The van der Waals surface area contributed by atoms with Crippen LogP contribution in [0.15, 0.2) is 6.20 Å². The maximum absolute atomic E-state index is 11.4. The predicted octanol–water partition coefficient (Wildman–Crippen LogP) is -0.242. The molecule has 7 nitrogen and oxygen atoms in total. The number of amides is 1. The van der Waals surface area contributed by atoms with Crippen LogP contribution in [0.5, 0.6) is 0 Å². The Labute approximate surface area is 95.6 Å². The average Bonchev–Trinajstić information content (AvgIpc) is 2.76. The lowest BCUT2D eigenvalue weighted by Gasteiger charge is -2.13. The van der Waals surface area contributed by atoms with Crippen molar-refractivity contribution in [2.45, 2.75) is 12.5 Å². The molecule has 1 rings (SSSR count). The first kappa shape index (κ1) is 12.5. The smallest absolute Gasteiger partial charge is 0.306 e. The summed E-state index contributed by atoms with van der Waals surface area (Å²) in [6.45, 7) is 0.138. The van der Waals surface area contributed by atoms with E-state index in [1.807, 2.05) is 0 Å². The summed E-state index contributed by atoms with van der Waals surface area (Å²) in [6, 6.07) is 0. The fourth-order valence-corrected chi connectivity index (χ4v) is 1.43. The Balaban J connectivity index is 2.38. The van der Waals surface area contributed by atoms with Crippen LogP contribution in [0, 0.1) is 0 Å². The summed E-state index contributed by atoms with van der Waals surface area (Å²) >= 11 is 0.974. The minimum absolute atomic E-state index is 0.138. The van der Waals surface area contributed by atoms with Gasteiger partial charge in [0.2, 0.25) is 0 Å². The van der Waals surface area contributed by atoms with Gasteiger partial charge in [0.05, 0.1) is 18.7 Å². The Hall–Kier alpha value is -1.54. The quantitative estimate of drug-likeness (QED) is 0.717. The minimum Gasteiger partial charge on any atom is -0.481 e. The van der Waals surface area contributed by atoms with E-state index < -0.39 is 12.1 Å². The van der Waals surface area contributed by atoms with E-state index in [0.717, 1.165) is 11.5 Å². The Bertz CT molecular complexity index is 354. The van der Waals surface area contributed by atoms with Gasteiger partial charge in [0.1, 0.15) is 4.88 Å². The van der Waals surface area contributed by atoms with Crippen LogP contribution in [-0.2, 0) is 9.53 Å². The number of carboxylic acid groups (broad SMARTS) is 1. The lowest BCUT2D eigenvalue weighted by molar-refractivity contribution is -0.139. The third-order valence-electron chi connectivity index (χ3n) is 1.81. The summed E-state index contributed by atoms with van der Waals surface area (Å²) in [6.07, 6.45) is 0.652. The molecule has 0 aliphatic heterocycles. The van der Waals surface area contributed by atoms with Crippen molar-refractivity contribution in [2.24, 2.45) is 0 Å². The summed E-state index contributed by atoms with van der Waals surface area (Å²) in [4.78, 5) is 22.2. The highest BCUT2D eigenvalue weighted by Gasteiger charge is 2.15. The molecule has 1 aromatic heterocycles. The van der Waals surface area contributed by atoms with E-state index in [1.165, 1.54) is 13.3 Å². The molecule has 0 spiro atoms. The molecule has 1 aromatic rings. The number of ether oxygens (including phenoxy) is 1. The van der Waals surface area contributed by atoms with Gasteiger partial charge in [-0.05, 0) is 11.5 Å². The molecule has 0 bridgehead atoms. The van der Waals surface area contributed by atoms with Crippen LogP contribution < -0.4 is 5.32 Å². The van der Waals surface area contributed by atoms with Gasteiger partial charge in [0.15, 0.2) is 0 Å². The number of nitrogens with one attached hydrogen (secondary N) is 1. The Kier molecular flexibility index (Phi) is 4.80. The largest absolute Gasteiger partial charge is 0.481 e. The van der Waals surface area contributed by atoms with Crippen molar-refractivity contribution >= 4 is 23.4 Å². The summed E-state index contributed by atoms with van der Waals surface area (Å²) in [7, 11) is 1.40. The van der Waals surface area contributed by atoms with Crippen molar-refractivity contribution in [1.82, 2.24) is 14.9 Å². The van der Waals surface area contributed by atoms with E-state index in [2.05, 4.69) is 14.9 Å². The molecule has 88 valence electrons. The van der Waals surface area contributed by atoms with E-state index in [0.29, 0.717) is 4.88 Å². The fourth-order valence-electron chi connectivity index (χ4n) is 0.994. The zero-order valence-electron chi connectivity index (χ0n) is 8.54. The molecule has 0 fully saturated rings. The average molecular weight is 245 g/mol. The van der Waals surface area contributed by atoms with Gasteiger partial charge in [-0.15, -0.1) is 5.10 Å². The predicted molar refractivity (Wildman–Crippen MR) is 55.3 cm³/mol. The van der Waals surface area contributed by atoms with E-state index in [1.54, 1.807) is 0 Å². The van der Waals surface area contributed by atoms with Gasteiger partial charge < -0.3 is 15.2 Å². The van der Waals surface area contributed by atoms with Crippen molar-refractivity contribution in [3.63, 3.8) is 0 Å². The highest BCUT2D eigenvalue weighted by atomic mass is 32.1. The van der Waals surface area contributed by atoms with Crippen LogP contribution in [0.2, 0.25) is 0 Å². The molecule has 1 amide bonds. The molecule has 1 atom stereocenters. The molecular formula is C8H11N3O4S. The maximum Gasteiger partial charge on any atom is 0.306 e. The van der Waals surface area contributed by atoms with Gasteiger partial charge in [-0.3, -0.25) is 9.59 Å². The number of hydrogen-bond donors (Lipinski definition) is 2. The highest BCUT2D eigenvalue weighted by Crippen LogP contribution is 2.02. The van der Waals surface area contributed by atoms with Gasteiger partial charge in [0, 0.05) is 13.7 Å². The molecule has 0 saturated carbocycles. The summed E-state index contributed by atoms with van der Waals surface area (Å²) in [5.41, 5.74) is 0. The summed E-state index contributed by atoms with van der Waals surface area (Å²) in [5, 5.41) is 14.6.